The summed E-state index contributed by atoms with van der Waals surface area (Å²) in [7, 11) is 0. The molecule has 1 aliphatic rings. The van der Waals surface area contributed by atoms with Gasteiger partial charge in [0.15, 0.2) is 0 Å². The molecule has 1 saturated heterocycles. The molecule has 0 aromatic rings. The number of rotatable bonds is 0. The third kappa shape index (κ3) is 1.11. The molecule has 84 valence electrons. The highest BCUT2D eigenvalue weighted by Gasteiger charge is 2.86. The van der Waals surface area contributed by atoms with Gasteiger partial charge in [-0.1, -0.05) is 0 Å². The molecular weight excluding hydrogens is 228 g/mol. The van der Waals surface area contributed by atoms with Gasteiger partial charge in [-0.25, -0.2) is 0 Å². The SMILES string of the molecule is FC(F)(F)C1(F)OCC(F)(F)C1(F)F. The summed E-state index contributed by atoms with van der Waals surface area (Å²) in [5.74, 6) is -16.7. The van der Waals surface area contributed by atoms with Crippen LogP contribution in [-0.2, 0) is 4.74 Å². The van der Waals surface area contributed by atoms with E-state index in [-0.39, 0.29) is 0 Å². The lowest BCUT2D eigenvalue weighted by atomic mass is 10.1. The number of halogens is 8. The molecule has 1 fully saturated rings. The molecule has 0 N–H and O–H groups in total. The molecule has 1 aliphatic heterocycles. The van der Waals surface area contributed by atoms with E-state index in [9.17, 15) is 35.1 Å². The van der Waals surface area contributed by atoms with Crippen molar-refractivity contribution in [1.82, 2.24) is 0 Å². The highest BCUT2D eigenvalue weighted by molar-refractivity contribution is 5.06. The van der Waals surface area contributed by atoms with Crippen LogP contribution in [0, 0.1) is 0 Å². The van der Waals surface area contributed by atoms with Crippen molar-refractivity contribution >= 4 is 0 Å². The van der Waals surface area contributed by atoms with Gasteiger partial charge in [-0.3, -0.25) is 0 Å². The van der Waals surface area contributed by atoms with Crippen LogP contribution in [0.5, 0.6) is 0 Å². The van der Waals surface area contributed by atoms with Gasteiger partial charge >= 0.3 is 23.9 Å². The van der Waals surface area contributed by atoms with Crippen molar-refractivity contribution in [3.8, 4) is 0 Å². The molecule has 14 heavy (non-hydrogen) atoms. The average molecular weight is 230 g/mol. The average Bonchev–Trinajstić information content (AvgIpc) is 2.10. The maximum atomic E-state index is 12.5. The number of ether oxygens (including phenoxy) is 1. The first kappa shape index (κ1) is 11.5. The topological polar surface area (TPSA) is 9.23 Å². The molecular formula is C5H2F8O. The molecule has 0 radical (unpaired) electrons. The van der Waals surface area contributed by atoms with E-state index >= 15 is 0 Å². The first-order chi connectivity index (χ1) is 5.96. The fourth-order valence-electron chi connectivity index (χ4n) is 0.866. The van der Waals surface area contributed by atoms with E-state index in [1.165, 1.54) is 0 Å². The summed E-state index contributed by atoms with van der Waals surface area (Å²) in [6.45, 7) is -2.31. The molecule has 0 aromatic heterocycles. The normalized spacial score (nSPS) is 36.0. The van der Waals surface area contributed by atoms with E-state index in [2.05, 4.69) is 4.74 Å². The Morgan fingerprint density at radius 3 is 1.50 bits per heavy atom. The van der Waals surface area contributed by atoms with Crippen LogP contribution in [0.15, 0.2) is 0 Å². The lowest BCUT2D eigenvalue weighted by Crippen LogP contribution is -2.58. The number of hydrogen-bond acceptors (Lipinski definition) is 1. The van der Waals surface area contributed by atoms with Crippen LogP contribution in [0.3, 0.4) is 0 Å². The Labute approximate surface area is 71.6 Å². The molecule has 0 aromatic carbocycles. The molecule has 0 spiro atoms. The Morgan fingerprint density at radius 2 is 1.36 bits per heavy atom. The second-order valence-corrected chi connectivity index (χ2v) is 2.66. The fraction of sp³-hybridized carbons (Fsp3) is 1.00. The predicted octanol–water partition coefficient (Wildman–Crippen LogP) is 2.52. The van der Waals surface area contributed by atoms with Crippen molar-refractivity contribution in [2.24, 2.45) is 0 Å². The number of alkyl halides is 8. The summed E-state index contributed by atoms with van der Waals surface area (Å²) in [6, 6.07) is 0. The lowest BCUT2D eigenvalue weighted by molar-refractivity contribution is -0.382. The molecule has 9 heteroatoms. The standard InChI is InChI=1S/C5H2F8O/c6-2(7)1-14-4(10,3(2,8)9)5(11,12)13/h1H2. The van der Waals surface area contributed by atoms with Crippen LogP contribution in [-0.4, -0.2) is 30.5 Å². The van der Waals surface area contributed by atoms with E-state index in [0.717, 1.165) is 0 Å². The van der Waals surface area contributed by atoms with Crippen LogP contribution < -0.4 is 0 Å². The Hall–Kier alpha value is -0.600. The predicted molar refractivity (Wildman–Crippen MR) is 25.7 cm³/mol. The minimum Gasteiger partial charge on any atom is -0.327 e. The van der Waals surface area contributed by atoms with Crippen molar-refractivity contribution in [3.05, 3.63) is 0 Å². The Balaban J connectivity index is 3.18. The van der Waals surface area contributed by atoms with E-state index in [4.69, 9.17) is 0 Å². The smallest absolute Gasteiger partial charge is 0.327 e. The number of hydrogen-bond donors (Lipinski definition) is 0. The maximum absolute atomic E-state index is 12.5. The summed E-state index contributed by atoms with van der Waals surface area (Å²) in [4.78, 5) is 0. The monoisotopic (exact) mass is 230 g/mol. The van der Waals surface area contributed by atoms with Crippen molar-refractivity contribution in [1.29, 1.82) is 0 Å². The zero-order valence-corrected chi connectivity index (χ0v) is 6.14. The second kappa shape index (κ2) is 2.50. The van der Waals surface area contributed by atoms with E-state index < -0.39 is 30.5 Å². The highest BCUT2D eigenvalue weighted by Crippen LogP contribution is 2.57. The third-order valence-corrected chi connectivity index (χ3v) is 1.68. The van der Waals surface area contributed by atoms with E-state index in [0.29, 0.717) is 0 Å². The molecule has 1 heterocycles. The van der Waals surface area contributed by atoms with E-state index in [1.54, 1.807) is 0 Å². The highest BCUT2D eigenvalue weighted by atomic mass is 19.4. The van der Waals surface area contributed by atoms with Crippen LogP contribution in [0.1, 0.15) is 0 Å². The second-order valence-electron chi connectivity index (χ2n) is 2.66. The largest absolute Gasteiger partial charge is 0.455 e. The summed E-state index contributed by atoms with van der Waals surface area (Å²) in [5, 5.41) is 0. The van der Waals surface area contributed by atoms with Crippen LogP contribution in [0.2, 0.25) is 0 Å². The quantitative estimate of drug-likeness (QED) is 0.581. The van der Waals surface area contributed by atoms with Crippen LogP contribution in [0.25, 0.3) is 0 Å². The minimum absolute atomic E-state index is 2.31. The molecule has 0 saturated carbocycles. The zero-order valence-electron chi connectivity index (χ0n) is 6.14. The van der Waals surface area contributed by atoms with Gasteiger partial charge in [0.2, 0.25) is 0 Å². The first-order valence-corrected chi connectivity index (χ1v) is 3.11. The van der Waals surface area contributed by atoms with Crippen LogP contribution in [0.4, 0.5) is 35.1 Å². The maximum Gasteiger partial charge on any atom is 0.455 e. The Bertz CT molecular complexity index is 245. The Kier molecular flexibility index (Phi) is 2.05. The zero-order chi connectivity index (χ0) is 11.4. The van der Waals surface area contributed by atoms with Crippen molar-refractivity contribution < 1.29 is 39.9 Å². The van der Waals surface area contributed by atoms with Crippen molar-refractivity contribution in [2.45, 2.75) is 23.9 Å². The fourth-order valence-corrected chi connectivity index (χ4v) is 0.866. The molecule has 1 atom stereocenters. The third-order valence-electron chi connectivity index (χ3n) is 1.68. The first-order valence-electron chi connectivity index (χ1n) is 3.11. The van der Waals surface area contributed by atoms with Crippen LogP contribution >= 0.6 is 0 Å². The molecule has 1 nitrogen and oxygen atoms in total. The van der Waals surface area contributed by atoms with Gasteiger partial charge in [0.25, 0.3) is 0 Å². The van der Waals surface area contributed by atoms with Gasteiger partial charge in [0.1, 0.15) is 6.61 Å². The van der Waals surface area contributed by atoms with Gasteiger partial charge in [0.05, 0.1) is 0 Å². The molecule has 0 amide bonds. The van der Waals surface area contributed by atoms with Gasteiger partial charge < -0.3 is 4.74 Å². The van der Waals surface area contributed by atoms with Gasteiger partial charge in [-0.05, 0) is 0 Å². The van der Waals surface area contributed by atoms with Gasteiger partial charge in [0, 0.05) is 0 Å². The Morgan fingerprint density at radius 1 is 0.929 bits per heavy atom. The summed E-state index contributed by atoms with van der Waals surface area (Å²) >= 11 is 0. The van der Waals surface area contributed by atoms with E-state index in [1.807, 2.05) is 0 Å². The van der Waals surface area contributed by atoms with Crippen molar-refractivity contribution in [2.75, 3.05) is 6.61 Å². The summed E-state index contributed by atoms with van der Waals surface area (Å²) in [6.07, 6.45) is -6.21. The summed E-state index contributed by atoms with van der Waals surface area (Å²) < 4.78 is 99.2. The molecule has 0 bridgehead atoms. The minimum atomic E-state index is -6.21. The van der Waals surface area contributed by atoms with Crippen molar-refractivity contribution in [3.63, 3.8) is 0 Å². The molecule has 0 aliphatic carbocycles. The van der Waals surface area contributed by atoms with Gasteiger partial charge in [-0.15, -0.1) is 0 Å². The summed E-state index contributed by atoms with van der Waals surface area (Å²) in [5.41, 5.74) is 0. The molecule has 1 rings (SSSR count). The van der Waals surface area contributed by atoms with Gasteiger partial charge in [-0.2, -0.15) is 35.1 Å². The molecule has 1 unspecified atom stereocenters. The lowest BCUT2D eigenvalue weighted by Gasteiger charge is -2.28.